The molecule has 15 heavy (non-hydrogen) atoms. The molecule has 0 bridgehead atoms. The molecule has 2 rings (SSSR count). The van der Waals surface area contributed by atoms with Gasteiger partial charge in [0.05, 0.1) is 5.60 Å². The van der Waals surface area contributed by atoms with Crippen LogP contribution >= 0.6 is 11.3 Å². The zero-order valence-electron chi connectivity index (χ0n) is 9.79. The summed E-state index contributed by atoms with van der Waals surface area (Å²) in [5.41, 5.74) is 1.10. The van der Waals surface area contributed by atoms with Crippen LogP contribution in [0.4, 0.5) is 0 Å². The molecule has 2 atom stereocenters. The summed E-state index contributed by atoms with van der Waals surface area (Å²) in [6.45, 7) is 6.70. The normalized spacial score (nSPS) is 34.5. The molecule has 1 nitrogen and oxygen atoms in total. The third kappa shape index (κ3) is 2.26. The smallest absolute Gasteiger partial charge is 0.0718 e. The van der Waals surface area contributed by atoms with Crippen LogP contribution in [0.15, 0.2) is 16.8 Å². The van der Waals surface area contributed by atoms with Crippen molar-refractivity contribution >= 4 is 11.3 Å². The minimum atomic E-state index is -0.482. The Bertz CT molecular complexity index is 328. The summed E-state index contributed by atoms with van der Waals surface area (Å²) in [6, 6.07) is 2.13. The van der Waals surface area contributed by atoms with Gasteiger partial charge in [-0.15, -0.1) is 0 Å². The van der Waals surface area contributed by atoms with Crippen molar-refractivity contribution in [3.8, 4) is 0 Å². The molecule has 2 unspecified atom stereocenters. The lowest BCUT2D eigenvalue weighted by Crippen LogP contribution is -2.34. The lowest BCUT2D eigenvalue weighted by Gasteiger charge is -2.28. The number of thiophene rings is 1. The van der Waals surface area contributed by atoms with Gasteiger partial charge in [0.1, 0.15) is 0 Å². The van der Waals surface area contributed by atoms with E-state index in [0.29, 0.717) is 11.3 Å². The van der Waals surface area contributed by atoms with Gasteiger partial charge in [-0.25, -0.2) is 0 Å². The highest BCUT2D eigenvalue weighted by Crippen LogP contribution is 2.48. The fourth-order valence-corrected chi connectivity index (χ4v) is 3.75. The van der Waals surface area contributed by atoms with Crippen LogP contribution in [0.2, 0.25) is 0 Å². The largest absolute Gasteiger partial charge is 0.389 e. The van der Waals surface area contributed by atoms with E-state index in [0.717, 1.165) is 19.3 Å². The fraction of sp³-hybridized carbons (Fsp3) is 0.692. The topological polar surface area (TPSA) is 20.2 Å². The number of hydrogen-bond donors (Lipinski definition) is 1. The highest BCUT2D eigenvalue weighted by molar-refractivity contribution is 7.07. The van der Waals surface area contributed by atoms with E-state index in [4.69, 9.17) is 0 Å². The van der Waals surface area contributed by atoms with Gasteiger partial charge in [-0.05, 0) is 46.6 Å². The Balaban J connectivity index is 2.14. The predicted octanol–water partition coefficient (Wildman–Crippen LogP) is 3.48. The molecule has 1 aliphatic rings. The molecule has 0 saturated heterocycles. The zero-order valence-corrected chi connectivity index (χ0v) is 10.6. The number of hydrogen-bond acceptors (Lipinski definition) is 2. The Hall–Kier alpha value is -0.340. The van der Waals surface area contributed by atoms with Crippen molar-refractivity contribution in [2.45, 2.75) is 45.6 Å². The molecule has 1 fully saturated rings. The summed E-state index contributed by atoms with van der Waals surface area (Å²) >= 11 is 1.71. The molecule has 1 aromatic heterocycles. The Morgan fingerprint density at radius 2 is 2.27 bits per heavy atom. The van der Waals surface area contributed by atoms with Gasteiger partial charge in [0, 0.05) is 6.42 Å². The lowest BCUT2D eigenvalue weighted by molar-refractivity contribution is 0.00454. The van der Waals surface area contributed by atoms with Crippen molar-refractivity contribution in [3.63, 3.8) is 0 Å². The van der Waals surface area contributed by atoms with Crippen LogP contribution in [0.3, 0.4) is 0 Å². The molecule has 1 heterocycles. The van der Waals surface area contributed by atoms with Gasteiger partial charge in [0.15, 0.2) is 0 Å². The van der Waals surface area contributed by atoms with E-state index in [2.05, 4.69) is 37.6 Å². The van der Waals surface area contributed by atoms with E-state index >= 15 is 0 Å². The Labute approximate surface area is 96.1 Å². The van der Waals surface area contributed by atoms with Gasteiger partial charge in [-0.3, -0.25) is 0 Å². The standard InChI is InChI=1S/C13H20OS/c1-10-6-12(2,3)9-13(10,14)7-11-4-5-15-8-11/h4-5,8,10,14H,6-7,9H2,1-3H3. The van der Waals surface area contributed by atoms with Crippen LogP contribution in [-0.4, -0.2) is 10.7 Å². The average molecular weight is 224 g/mol. The molecule has 1 saturated carbocycles. The van der Waals surface area contributed by atoms with Crippen molar-refractivity contribution in [1.29, 1.82) is 0 Å². The molecule has 84 valence electrons. The number of rotatable bonds is 2. The molecule has 0 amide bonds. The van der Waals surface area contributed by atoms with Crippen molar-refractivity contribution in [3.05, 3.63) is 22.4 Å². The van der Waals surface area contributed by atoms with Gasteiger partial charge in [-0.2, -0.15) is 11.3 Å². The van der Waals surface area contributed by atoms with Crippen molar-refractivity contribution in [2.24, 2.45) is 11.3 Å². The predicted molar refractivity (Wildman–Crippen MR) is 65.2 cm³/mol. The van der Waals surface area contributed by atoms with Crippen LogP contribution in [-0.2, 0) is 6.42 Å². The van der Waals surface area contributed by atoms with Gasteiger partial charge in [-0.1, -0.05) is 20.8 Å². The van der Waals surface area contributed by atoms with E-state index < -0.39 is 5.60 Å². The first kappa shape index (κ1) is 11.2. The third-order valence-corrected chi connectivity index (χ3v) is 4.38. The maximum atomic E-state index is 10.7. The average Bonchev–Trinajstić information content (AvgIpc) is 2.59. The van der Waals surface area contributed by atoms with Crippen molar-refractivity contribution in [2.75, 3.05) is 0 Å². The summed E-state index contributed by atoms with van der Waals surface area (Å²) in [5, 5.41) is 14.9. The minimum Gasteiger partial charge on any atom is -0.389 e. The first-order chi connectivity index (χ1) is 6.91. The van der Waals surface area contributed by atoms with E-state index in [1.807, 2.05) is 0 Å². The molecular weight excluding hydrogens is 204 g/mol. The SMILES string of the molecule is CC1CC(C)(C)CC1(O)Cc1ccsc1. The van der Waals surface area contributed by atoms with Crippen molar-refractivity contribution in [1.82, 2.24) is 0 Å². The third-order valence-electron chi connectivity index (χ3n) is 3.65. The first-order valence-electron chi connectivity index (χ1n) is 5.65. The summed E-state index contributed by atoms with van der Waals surface area (Å²) in [5.74, 6) is 0.410. The van der Waals surface area contributed by atoms with E-state index in [1.54, 1.807) is 11.3 Å². The van der Waals surface area contributed by atoms with Crippen LogP contribution in [0.5, 0.6) is 0 Å². The first-order valence-corrected chi connectivity index (χ1v) is 6.59. The molecule has 0 aliphatic heterocycles. The second-order valence-electron chi connectivity index (χ2n) is 5.86. The minimum absolute atomic E-state index is 0.296. The quantitative estimate of drug-likeness (QED) is 0.815. The Kier molecular flexibility index (Phi) is 2.68. The molecule has 1 N–H and O–H groups in total. The number of aliphatic hydroxyl groups is 1. The van der Waals surface area contributed by atoms with Gasteiger partial charge >= 0.3 is 0 Å². The highest BCUT2D eigenvalue weighted by Gasteiger charge is 2.47. The molecule has 1 aromatic rings. The highest BCUT2D eigenvalue weighted by atomic mass is 32.1. The zero-order chi connectivity index (χ0) is 11.1. The van der Waals surface area contributed by atoms with Gasteiger partial charge in [0.25, 0.3) is 0 Å². The maximum Gasteiger partial charge on any atom is 0.0718 e. The fourth-order valence-electron chi connectivity index (χ4n) is 3.08. The van der Waals surface area contributed by atoms with Crippen LogP contribution in [0, 0.1) is 11.3 Å². The monoisotopic (exact) mass is 224 g/mol. The van der Waals surface area contributed by atoms with Gasteiger partial charge < -0.3 is 5.11 Å². The van der Waals surface area contributed by atoms with Gasteiger partial charge in [0.2, 0.25) is 0 Å². The Morgan fingerprint density at radius 3 is 2.73 bits per heavy atom. The second kappa shape index (κ2) is 3.60. The van der Waals surface area contributed by atoms with Crippen LogP contribution in [0.25, 0.3) is 0 Å². The van der Waals surface area contributed by atoms with E-state index in [1.165, 1.54) is 5.56 Å². The van der Waals surface area contributed by atoms with Crippen LogP contribution < -0.4 is 0 Å². The molecule has 0 aromatic carbocycles. The van der Waals surface area contributed by atoms with Crippen LogP contribution in [0.1, 0.15) is 39.2 Å². The molecule has 1 aliphatic carbocycles. The molecule has 0 radical (unpaired) electrons. The van der Waals surface area contributed by atoms with E-state index in [9.17, 15) is 5.11 Å². The summed E-state index contributed by atoms with van der Waals surface area (Å²) in [7, 11) is 0. The maximum absolute atomic E-state index is 10.7. The second-order valence-corrected chi connectivity index (χ2v) is 6.64. The summed E-state index contributed by atoms with van der Waals surface area (Å²) < 4.78 is 0. The summed E-state index contributed by atoms with van der Waals surface area (Å²) in [6.07, 6.45) is 2.88. The summed E-state index contributed by atoms with van der Waals surface area (Å²) in [4.78, 5) is 0. The molecular formula is C13H20OS. The lowest BCUT2D eigenvalue weighted by atomic mass is 9.85. The van der Waals surface area contributed by atoms with E-state index in [-0.39, 0.29) is 0 Å². The molecule has 0 spiro atoms. The Morgan fingerprint density at radius 1 is 1.53 bits per heavy atom. The van der Waals surface area contributed by atoms with Crippen molar-refractivity contribution < 1.29 is 5.11 Å². The molecule has 2 heteroatoms.